The number of ether oxygens (including phenoxy) is 1. The predicted molar refractivity (Wildman–Crippen MR) is 80.7 cm³/mol. The summed E-state index contributed by atoms with van der Waals surface area (Å²) in [4.78, 5) is 12.3. The third kappa shape index (κ3) is 1.77. The molecule has 1 aliphatic rings. The van der Waals surface area contributed by atoms with Gasteiger partial charge in [-0.1, -0.05) is 49.4 Å². The number of hydrogen-bond acceptors (Lipinski definition) is 3. The van der Waals surface area contributed by atoms with Gasteiger partial charge < -0.3 is 9.15 Å². The first-order chi connectivity index (χ1) is 10.3. The number of rotatable bonds is 1. The molecule has 2 atom stereocenters. The van der Waals surface area contributed by atoms with Gasteiger partial charge in [-0.2, -0.15) is 0 Å². The first-order valence-electron chi connectivity index (χ1n) is 7.03. The van der Waals surface area contributed by atoms with Crippen LogP contribution in [0.1, 0.15) is 30.1 Å². The van der Waals surface area contributed by atoms with Gasteiger partial charge in [-0.05, 0) is 17.7 Å². The van der Waals surface area contributed by atoms with Gasteiger partial charge >= 0.3 is 5.63 Å². The van der Waals surface area contributed by atoms with Crippen LogP contribution in [-0.2, 0) is 0 Å². The normalized spacial score (nSPS) is 20.2. The van der Waals surface area contributed by atoms with Gasteiger partial charge in [-0.25, -0.2) is 4.79 Å². The van der Waals surface area contributed by atoms with E-state index in [1.54, 1.807) is 6.07 Å². The van der Waals surface area contributed by atoms with Crippen LogP contribution in [0.2, 0.25) is 0 Å². The average molecular weight is 278 g/mol. The molecule has 1 aliphatic heterocycles. The zero-order chi connectivity index (χ0) is 14.4. The van der Waals surface area contributed by atoms with Crippen molar-refractivity contribution in [3.05, 3.63) is 76.1 Å². The third-order valence-corrected chi connectivity index (χ3v) is 4.08. The summed E-state index contributed by atoms with van der Waals surface area (Å²) in [6.45, 7) is 2.01. The standard InChI is InChI=1S/C18H14O3/c1-11-15-17(21-16(11)12-7-3-2-4-8-12)13-9-5-6-10-14(13)20-18(15)19/h2-11,16H,1H3. The number of hydrogen-bond donors (Lipinski definition) is 0. The molecule has 0 radical (unpaired) electrons. The molecule has 3 aromatic rings. The summed E-state index contributed by atoms with van der Waals surface area (Å²) in [6, 6.07) is 17.5. The van der Waals surface area contributed by atoms with Gasteiger partial charge in [0.15, 0.2) is 0 Å². The van der Waals surface area contributed by atoms with Crippen molar-refractivity contribution in [2.45, 2.75) is 18.9 Å². The summed E-state index contributed by atoms with van der Waals surface area (Å²) in [5, 5.41) is 0.859. The number of fused-ring (bicyclic) bond motifs is 3. The van der Waals surface area contributed by atoms with E-state index in [2.05, 4.69) is 0 Å². The molecule has 1 aromatic heterocycles. The Morgan fingerprint density at radius 2 is 1.67 bits per heavy atom. The molecule has 4 rings (SSSR count). The van der Waals surface area contributed by atoms with Crippen LogP contribution in [0.3, 0.4) is 0 Å². The molecule has 2 heterocycles. The van der Waals surface area contributed by atoms with E-state index < -0.39 is 0 Å². The van der Waals surface area contributed by atoms with Crippen LogP contribution in [0.4, 0.5) is 0 Å². The third-order valence-electron chi connectivity index (χ3n) is 4.08. The maximum atomic E-state index is 12.3. The van der Waals surface area contributed by atoms with Gasteiger partial charge in [0, 0.05) is 5.92 Å². The molecular weight excluding hydrogens is 264 g/mol. The van der Waals surface area contributed by atoms with Crippen molar-refractivity contribution in [2.24, 2.45) is 0 Å². The molecule has 3 nitrogen and oxygen atoms in total. The highest BCUT2D eigenvalue weighted by Gasteiger charge is 2.36. The molecule has 21 heavy (non-hydrogen) atoms. The van der Waals surface area contributed by atoms with Crippen molar-refractivity contribution in [1.82, 2.24) is 0 Å². The van der Waals surface area contributed by atoms with Crippen LogP contribution in [-0.4, -0.2) is 0 Å². The topological polar surface area (TPSA) is 39.4 Å². The molecule has 0 bridgehead atoms. The van der Waals surface area contributed by atoms with E-state index in [0.29, 0.717) is 16.9 Å². The number of para-hydroxylation sites is 1. The van der Waals surface area contributed by atoms with E-state index in [1.165, 1.54) is 0 Å². The maximum Gasteiger partial charge on any atom is 0.343 e. The molecule has 2 aromatic carbocycles. The molecule has 0 saturated heterocycles. The van der Waals surface area contributed by atoms with Crippen LogP contribution >= 0.6 is 0 Å². The van der Waals surface area contributed by atoms with Crippen molar-refractivity contribution < 1.29 is 9.15 Å². The van der Waals surface area contributed by atoms with Crippen molar-refractivity contribution in [3.8, 4) is 5.75 Å². The molecule has 0 saturated carbocycles. The van der Waals surface area contributed by atoms with Crippen LogP contribution in [0.25, 0.3) is 11.0 Å². The summed E-state index contributed by atoms with van der Waals surface area (Å²) < 4.78 is 11.6. The van der Waals surface area contributed by atoms with E-state index in [-0.39, 0.29) is 17.6 Å². The molecule has 2 unspecified atom stereocenters. The fourth-order valence-corrected chi connectivity index (χ4v) is 3.04. The molecule has 0 fully saturated rings. The molecule has 0 N–H and O–H groups in total. The van der Waals surface area contributed by atoms with E-state index in [0.717, 1.165) is 10.9 Å². The Morgan fingerprint density at radius 3 is 2.48 bits per heavy atom. The van der Waals surface area contributed by atoms with Crippen LogP contribution < -0.4 is 10.4 Å². The summed E-state index contributed by atoms with van der Waals surface area (Å²) >= 11 is 0. The number of benzene rings is 2. The zero-order valence-electron chi connectivity index (χ0n) is 11.6. The Balaban J connectivity index is 1.93. The Kier molecular flexibility index (Phi) is 2.61. The summed E-state index contributed by atoms with van der Waals surface area (Å²) in [5.74, 6) is 0.645. The smallest absolute Gasteiger partial charge is 0.343 e. The Labute approximate surface area is 121 Å². The Hall–Kier alpha value is -2.55. The average Bonchev–Trinajstić information content (AvgIpc) is 2.87. The minimum absolute atomic E-state index is 0.0248. The van der Waals surface area contributed by atoms with Gasteiger partial charge in [-0.15, -0.1) is 0 Å². The molecule has 0 aliphatic carbocycles. The van der Waals surface area contributed by atoms with Crippen LogP contribution in [0.5, 0.6) is 5.75 Å². The minimum Gasteiger partial charge on any atom is -0.484 e. The summed E-state index contributed by atoms with van der Waals surface area (Å²) in [7, 11) is 0. The molecule has 3 heteroatoms. The SMILES string of the molecule is CC1c2c(c3ccccc3oc2=O)OC1c1ccccc1. The molecule has 0 amide bonds. The minimum atomic E-state index is -0.297. The Bertz CT molecular complexity index is 865. The van der Waals surface area contributed by atoms with Gasteiger partial charge in [0.25, 0.3) is 0 Å². The van der Waals surface area contributed by atoms with Crippen LogP contribution in [0.15, 0.2) is 63.8 Å². The van der Waals surface area contributed by atoms with Gasteiger partial charge in [-0.3, -0.25) is 0 Å². The predicted octanol–water partition coefficient (Wildman–Crippen LogP) is 4.03. The second-order valence-electron chi connectivity index (χ2n) is 5.37. The lowest BCUT2D eigenvalue weighted by Gasteiger charge is -2.15. The lowest BCUT2D eigenvalue weighted by Crippen LogP contribution is -2.11. The van der Waals surface area contributed by atoms with Crippen molar-refractivity contribution in [3.63, 3.8) is 0 Å². The second kappa shape index (κ2) is 4.48. The van der Waals surface area contributed by atoms with E-state index in [1.807, 2.05) is 55.5 Å². The van der Waals surface area contributed by atoms with Crippen molar-refractivity contribution in [1.29, 1.82) is 0 Å². The second-order valence-corrected chi connectivity index (χ2v) is 5.37. The van der Waals surface area contributed by atoms with E-state index >= 15 is 0 Å². The quantitative estimate of drug-likeness (QED) is 0.631. The summed E-state index contributed by atoms with van der Waals surface area (Å²) in [6.07, 6.45) is -0.144. The fourth-order valence-electron chi connectivity index (χ4n) is 3.04. The van der Waals surface area contributed by atoms with Gasteiger partial charge in [0.2, 0.25) is 0 Å². The van der Waals surface area contributed by atoms with Crippen molar-refractivity contribution >= 4 is 11.0 Å². The maximum absolute atomic E-state index is 12.3. The summed E-state index contributed by atoms with van der Waals surface area (Å²) in [5.41, 5.74) is 1.99. The van der Waals surface area contributed by atoms with Crippen molar-refractivity contribution in [2.75, 3.05) is 0 Å². The highest BCUT2D eigenvalue weighted by atomic mass is 16.5. The lowest BCUT2D eigenvalue weighted by atomic mass is 9.93. The van der Waals surface area contributed by atoms with E-state index in [4.69, 9.17) is 9.15 Å². The lowest BCUT2D eigenvalue weighted by molar-refractivity contribution is 0.218. The zero-order valence-corrected chi connectivity index (χ0v) is 11.6. The Morgan fingerprint density at radius 1 is 0.952 bits per heavy atom. The highest BCUT2D eigenvalue weighted by molar-refractivity contribution is 5.85. The molecular formula is C18H14O3. The fraction of sp³-hybridized carbons (Fsp3) is 0.167. The first kappa shape index (κ1) is 12.2. The van der Waals surface area contributed by atoms with Crippen LogP contribution in [0, 0.1) is 0 Å². The van der Waals surface area contributed by atoms with E-state index in [9.17, 15) is 4.79 Å². The first-order valence-corrected chi connectivity index (χ1v) is 7.03. The largest absolute Gasteiger partial charge is 0.484 e. The van der Waals surface area contributed by atoms with Gasteiger partial charge in [0.1, 0.15) is 17.4 Å². The molecule has 104 valence electrons. The monoisotopic (exact) mass is 278 g/mol. The molecule has 0 spiro atoms. The highest BCUT2D eigenvalue weighted by Crippen LogP contribution is 2.46. The van der Waals surface area contributed by atoms with Gasteiger partial charge in [0.05, 0.1) is 10.9 Å².